The van der Waals surface area contributed by atoms with Gasteiger partial charge in [-0.3, -0.25) is 14.9 Å². The lowest BCUT2D eigenvalue weighted by atomic mass is 10.3. The zero-order valence-corrected chi connectivity index (χ0v) is 8.06. The second kappa shape index (κ2) is 4.04. The Hall–Kier alpha value is -1.36. The number of amides is 1. The van der Waals surface area contributed by atoms with Crippen molar-refractivity contribution in [3.8, 4) is 0 Å². The third-order valence-electron chi connectivity index (χ3n) is 1.63. The second-order valence-corrected chi connectivity index (χ2v) is 3.03. The van der Waals surface area contributed by atoms with E-state index in [2.05, 4.69) is 10.5 Å². The average Bonchev–Trinajstić information content (AvgIpc) is 2.53. The molecule has 1 atom stereocenters. The van der Waals surface area contributed by atoms with Crippen LogP contribution in [0.25, 0.3) is 0 Å². The van der Waals surface area contributed by atoms with Crippen molar-refractivity contribution in [1.29, 1.82) is 0 Å². The van der Waals surface area contributed by atoms with E-state index in [9.17, 15) is 4.79 Å². The fourth-order valence-electron chi connectivity index (χ4n) is 0.944. The fraction of sp³-hybridized carbons (Fsp3) is 0.500. The summed E-state index contributed by atoms with van der Waals surface area (Å²) < 4.78 is 1.61. The number of carbonyl (C=O) groups is 1. The highest BCUT2D eigenvalue weighted by Gasteiger charge is 2.14. The molecule has 0 aliphatic heterocycles. The Morgan fingerprint density at radius 3 is 2.77 bits per heavy atom. The Balaban J connectivity index is 2.58. The number of hydrazine groups is 1. The number of nitrogens with zero attached hydrogens (tertiary/aromatic N) is 3. The van der Waals surface area contributed by atoms with E-state index in [-0.39, 0.29) is 11.9 Å². The first-order valence-corrected chi connectivity index (χ1v) is 4.08. The standard InChI is InChI=1S/C8H14N4O/c1-7(8(13)10-11(2)3)12-6-4-5-9-12/h4-7H,1-3H3,(H,10,13). The number of aromatic nitrogens is 2. The third kappa shape index (κ3) is 2.55. The van der Waals surface area contributed by atoms with Crippen LogP contribution in [0.1, 0.15) is 13.0 Å². The molecule has 0 aliphatic rings. The zero-order valence-electron chi connectivity index (χ0n) is 8.06. The molecule has 0 fully saturated rings. The molecule has 72 valence electrons. The number of hydrogen-bond acceptors (Lipinski definition) is 3. The summed E-state index contributed by atoms with van der Waals surface area (Å²) in [5, 5.41) is 5.60. The quantitative estimate of drug-likeness (QED) is 0.671. The molecule has 0 saturated heterocycles. The molecule has 1 unspecified atom stereocenters. The van der Waals surface area contributed by atoms with Crippen molar-refractivity contribution in [2.75, 3.05) is 14.1 Å². The number of carbonyl (C=O) groups excluding carboxylic acids is 1. The van der Waals surface area contributed by atoms with Crippen molar-refractivity contribution in [2.24, 2.45) is 0 Å². The van der Waals surface area contributed by atoms with E-state index in [1.807, 2.05) is 0 Å². The molecule has 0 aliphatic carbocycles. The van der Waals surface area contributed by atoms with Crippen molar-refractivity contribution in [1.82, 2.24) is 20.2 Å². The topological polar surface area (TPSA) is 50.2 Å². The van der Waals surface area contributed by atoms with Gasteiger partial charge in [0, 0.05) is 26.5 Å². The zero-order chi connectivity index (χ0) is 9.84. The molecule has 1 rings (SSSR count). The summed E-state index contributed by atoms with van der Waals surface area (Å²) in [6, 6.07) is 1.51. The predicted molar refractivity (Wildman–Crippen MR) is 48.8 cm³/mol. The molecule has 1 heterocycles. The summed E-state index contributed by atoms with van der Waals surface area (Å²) in [6.07, 6.45) is 3.42. The number of nitrogens with one attached hydrogen (secondary N) is 1. The van der Waals surface area contributed by atoms with E-state index in [1.54, 1.807) is 49.2 Å². The van der Waals surface area contributed by atoms with Crippen molar-refractivity contribution in [2.45, 2.75) is 13.0 Å². The SMILES string of the molecule is CC(C(=O)NN(C)C)n1cccn1. The fourth-order valence-corrected chi connectivity index (χ4v) is 0.944. The maximum Gasteiger partial charge on any atom is 0.258 e. The van der Waals surface area contributed by atoms with Crippen LogP contribution < -0.4 is 5.43 Å². The molecule has 0 radical (unpaired) electrons. The Kier molecular flexibility index (Phi) is 3.02. The summed E-state index contributed by atoms with van der Waals surface area (Å²) in [4.78, 5) is 11.4. The molecule has 0 aromatic carbocycles. The lowest BCUT2D eigenvalue weighted by molar-refractivity contribution is -0.127. The predicted octanol–water partition coefficient (Wildman–Crippen LogP) is 0.0369. The van der Waals surface area contributed by atoms with E-state index in [1.165, 1.54) is 0 Å². The van der Waals surface area contributed by atoms with Crippen molar-refractivity contribution in [3.63, 3.8) is 0 Å². The molecule has 0 bridgehead atoms. The van der Waals surface area contributed by atoms with Crippen molar-refractivity contribution >= 4 is 5.91 Å². The molecule has 0 saturated carbocycles. The van der Waals surface area contributed by atoms with Gasteiger partial charge in [-0.1, -0.05) is 0 Å². The average molecular weight is 182 g/mol. The van der Waals surface area contributed by atoms with E-state index in [0.29, 0.717) is 0 Å². The highest BCUT2D eigenvalue weighted by molar-refractivity contribution is 5.79. The molecule has 1 amide bonds. The van der Waals surface area contributed by atoms with Gasteiger partial charge in [0.05, 0.1) is 0 Å². The molecular formula is C8H14N4O. The van der Waals surface area contributed by atoms with Gasteiger partial charge in [-0.2, -0.15) is 5.10 Å². The molecule has 13 heavy (non-hydrogen) atoms. The van der Waals surface area contributed by atoms with E-state index in [0.717, 1.165) is 0 Å². The van der Waals surface area contributed by atoms with Gasteiger partial charge in [-0.15, -0.1) is 0 Å². The maximum atomic E-state index is 11.4. The molecule has 5 heteroatoms. The third-order valence-corrected chi connectivity index (χ3v) is 1.63. The lowest BCUT2D eigenvalue weighted by Crippen LogP contribution is -2.40. The lowest BCUT2D eigenvalue weighted by Gasteiger charge is -2.16. The van der Waals surface area contributed by atoms with Crippen LogP contribution in [0.5, 0.6) is 0 Å². The van der Waals surface area contributed by atoms with Crippen LogP contribution in [0.3, 0.4) is 0 Å². The van der Waals surface area contributed by atoms with Gasteiger partial charge >= 0.3 is 0 Å². The monoisotopic (exact) mass is 182 g/mol. The number of rotatable bonds is 3. The van der Waals surface area contributed by atoms with E-state index in [4.69, 9.17) is 0 Å². The Morgan fingerprint density at radius 1 is 1.62 bits per heavy atom. The first kappa shape index (κ1) is 9.73. The minimum atomic E-state index is -0.280. The molecule has 0 spiro atoms. The highest BCUT2D eigenvalue weighted by Crippen LogP contribution is 2.02. The summed E-state index contributed by atoms with van der Waals surface area (Å²) in [7, 11) is 3.54. The van der Waals surface area contributed by atoms with Gasteiger partial charge in [0.15, 0.2) is 0 Å². The van der Waals surface area contributed by atoms with Crippen molar-refractivity contribution in [3.05, 3.63) is 18.5 Å². The first-order valence-electron chi connectivity index (χ1n) is 4.08. The van der Waals surface area contributed by atoms with Gasteiger partial charge in [0.1, 0.15) is 6.04 Å². The van der Waals surface area contributed by atoms with Gasteiger partial charge in [-0.05, 0) is 13.0 Å². The van der Waals surface area contributed by atoms with E-state index < -0.39 is 0 Å². The molecule has 1 N–H and O–H groups in total. The maximum absolute atomic E-state index is 11.4. The summed E-state index contributed by atoms with van der Waals surface area (Å²) in [5.74, 6) is -0.0753. The van der Waals surface area contributed by atoms with Crippen molar-refractivity contribution < 1.29 is 4.79 Å². The normalized spacial score (nSPS) is 12.9. The second-order valence-electron chi connectivity index (χ2n) is 3.03. The van der Waals surface area contributed by atoms with Crippen LogP contribution >= 0.6 is 0 Å². The molecule has 1 aromatic heterocycles. The van der Waals surface area contributed by atoms with E-state index >= 15 is 0 Å². The Labute approximate surface area is 77.3 Å². The Morgan fingerprint density at radius 2 is 2.31 bits per heavy atom. The smallest absolute Gasteiger partial charge is 0.258 e. The summed E-state index contributed by atoms with van der Waals surface area (Å²) >= 11 is 0. The minimum absolute atomic E-state index is 0.0753. The van der Waals surface area contributed by atoms with Crippen LogP contribution in [-0.2, 0) is 4.79 Å². The molecule has 5 nitrogen and oxygen atoms in total. The van der Waals surface area contributed by atoms with Crippen LogP contribution in [0.4, 0.5) is 0 Å². The molecule has 1 aromatic rings. The minimum Gasteiger partial charge on any atom is -0.288 e. The van der Waals surface area contributed by atoms with Crippen LogP contribution in [-0.4, -0.2) is 34.8 Å². The molecular weight excluding hydrogens is 168 g/mol. The van der Waals surface area contributed by atoms with Gasteiger partial charge in [-0.25, -0.2) is 5.01 Å². The Bertz CT molecular complexity index is 268. The highest BCUT2D eigenvalue weighted by atomic mass is 16.2. The van der Waals surface area contributed by atoms with Gasteiger partial charge in [0.25, 0.3) is 5.91 Å². The van der Waals surface area contributed by atoms with Gasteiger partial charge < -0.3 is 0 Å². The largest absolute Gasteiger partial charge is 0.288 e. The van der Waals surface area contributed by atoms with Crippen LogP contribution in [0.15, 0.2) is 18.5 Å². The number of hydrogen-bond donors (Lipinski definition) is 1. The van der Waals surface area contributed by atoms with Crippen LogP contribution in [0, 0.1) is 0 Å². The first-order chi connectivity index (χ1) is 6.11. The summed E-state index contributed by atoms with van der Waals surface area (Å²) in [6.45, 7) is 1.80. The van der Waals surface area contributed by atoms with Gasteiger partial charge in [0.2, 0.25) is 0 Å². The van der Waals surface area contributed by atoms with Crippen LogP contribution in [0.2, 0.25) is 0 Å². The summed E-state index contributed by atoms with van der Waals surface area (Å²) in [5.41, 5.74) is 2.66.